The van der Waals surface area contributed by atoms with Gasteiger partial charge in [0.1, 0.15) is 17.3 Å². The van der Waals surface area contributed by atoms with Crippen LogP contribution in [0.15, 0.2) is 59.5 Å². The van der Waals surface area contributed by atoms with Gasteiger partial charge in [-0.2, -0.15) is 0 Å². The first-order valence-corrected chi connectivity index (χ1v) is 12.1. The maximum atomic E-state index is 13.7. The molecule has 0 radical (unpaired) electrons. The van der Waals surface area contributed by atoms with E-state index in [4.69, 9.17) is 9.47 Å². The SMILES string of the molecule is CCOc1ccc(C(c2c(O)cc(C)n(CCOC)c2=O)N2CCN(c3ccccn3)CC2)cc1. The van der Waals surface area contributed by atoms with Gasteiger partial charge < -0.3 is 24.0 Å². The van der Waals surface area contributed by atoms with E-state index in [1.807, 2.05) is 56.3 Å². The number of hydrogen-bond acceptors (Lipinski definition) is 7. The number of nitrogens with zero attached hydrogens (tertiary/aromatic N) is 4. The molecule has 4 rings (SSSR count). The van der Waals surface area contributed by atoms with Crippen molar-refractivity contribution in [2.24, 2.45) is 0 Å². The minimum absolute atomic E-state index is 0.0206. The molecule has 1 aliphatic heterocycles. The van der Waals surface area contributed by atoms with Gasteiger partial charge in [0.05, 0.1) is 24.8 Å². The fourth-order valence-electron chi connectivity index (χ4n) is 4.71. The van der Waals surface area contributed by atoms with Crippen molar-refractivity contribution in [3.63, 3.8) is 0 Å². The van der Waals surface area contributed by atoms with Crippen LogP contribution in [0.25, 0.3) is 0 Å². The predicted octanol–water partition coefficient (Wildman–Crippen LogP) is 3.21. The van der Waals surface area contributed by atoms with Crippen molar-refractivity contribution in [3.05, 3.63) is 81.9 Å². The molecular weight excluding hydrogens is 444 g/mol. The van der Waals surface area contributed by atoms with Crippen molar-refractivity contribution in [1.29, 1.82) is 0 Å². The molecule has 1 aromatic carbocycles. The summed E-state index contributed by atoms with van der Waals surface area (Å²) in [6.07, 6.45) is 1.80. The highest BCUT2D eigenvalue weighted by atomic mass is 16.5. The summed E-state index contributed by atoms with van der Waals surface area (Å²) in [6, 6.07) is 15.0. The number of piperazine rings is 1. The van der Waals surface area contributed by atoms with Crippen LogP contribution in [0.3, 0.4) is 0 Å². The quantitative estimate of drug-likeness (QED) is 0.506. The Morgan fingerprint density at radius 2 is 1.83 bits per heavy atom. The Hall–Kier alpha value is -3.36. The van der Waals surface area contributed by atoms with Gasteiger partial charge in [-0.15, -0.1) is 0 Å². The smallest absolute Gasteiger partial charge is 0.259 e. The third kappa shape index (κ3) is 5.49. The van der Waals surface area contributed by atoms with Crippen molar-refractivity contribution < 1.29 is 14.6 Å². The minimum atomic E-state index is -0.390. The van der Waals surface area contributed by atoms with Crippen molar-refractivity contribution in [2.45, 2.75) is 26.4 Å². The molecule has 1 aliphatic rings. The highest BCUT2D eigenvalue weighted by molar-refractivity contribution is 5.43. The number of hydrogen-bond donors (Lipinski definition) is 1. The number of benzene rings is 1. The van der Waals surface area contributed by atoms with Crippen molar-refractivity contribution in [2.75, 3.05) is 51.4 Å². The number of methoxy groups -OCH3 is 1. The number of aromatic nitrogens is 2. The molecule has 2 aromatic heterocycles. The zero-order valence-corrected chi connectivity index (χ0v) is 20.7. The molecule has 0 saturated carbocycles. The molecule has 0 bridgehead atoms. The number of aromatic hydroxyl groups is 1. The number of anilines is 1. The van der Waals surface area contributed by atoms with Crippen LogP contribution in [-0.4, -0.2) is 66.1 Å². The average Bonchev–Trinajstić information content (AvgIpc) is 2.88. The second-order valence-corrected chi connectivity index (χ2v) is 8.65. The zero-order valence-electron chi connectivity index (χ0n) is 20.7. The topological polar surface area (TPSA) is 80.1 Å². The predicted molar refractivity (Wildman–Crippen MR) is 136 cm³/mol. The summed E-state index contributed by atoms with van der Waals surface area (Å²) in [5, 5.41) is 11.0. The van der Waals surface area contributed by atoms with E-state index in [0.717, 1.165) is 43.3 Å². The van der Waals surface area contributed by atoms with Crippen LogP contribution in [-0.2, 0) is 11.3 Å². The van der Waals surface area contributed by atoms with Gasteiger partial charge in [-0.05, 0) is 49.7 Å². The van der Waals surface area contributed by atoms with E-state index in [1.165, 1.54) is 0 Å². The maximum Gasteiger partial charge on any atom is 0.259 e. The Labute approximate surface area is 206 Å². The third-order valence-corrected chi connectivity index (χ3v) is 6.47. The standard InChI is InChI=1S/C27H34N4O4/c1-4-35-22-10-8-21(9-11-22)26(25-23(32)19-20(2)31(27(25)33)17-18-34-3)30-15-13-29(14-16-30)24-7-5-6-12-28-24/h5-12,19,26,32H,4,13-18H2,1-3H3. The summed E-state index contributed by atoms with van der Waals surface area (Å²) in [5.41, 5.74) is 1.85. The summed E-state index contributed by atoms with van der Waals surface area (Å²) in [5.74, 6) is 1.75. The highest BCUT2D eigenvalue weighted by Crippen LogP contribution is 2.34. The Morgan fingerprint density at radius 3 is 2.46 bits per heavy atom. The van der Waals surface area contributed by atoms with Gasteiger partial charge in [0.15, 0.2) is 0 Å². The first-order chi connectivity index (χ1) is 17.0. The van der Waals surface area contributed by atoms with Crippen molar-refractivity contribution >= 4 is 5.82 Å². The normalized spacial score (nSPS) is 15.2. The second kappa shape index (κ2) is 11.4. The lowest BCUT2D eigenvalue weighted by molar-refractivity contribution is 0.183. The van der Waals surface area contributed by atoms with E-state index >= 15 is 0 Å². The molecule has 35 heavy (non-hydrogen) atoms. The van der Waals surface area contributed by atoms with Gasteiger partial charge >= 0.3 is 0 Å². The summed E-state index contributed by atoms with van der Waals surface area (Å²) < 4.78 is 12.5. The van der Waals surface area contributed by atoms with E-state index in [9.17, 15) is 9.90 Å². The molecule has 1 unspecified atom stereocenters. The largest absolute Gasteiger partial charge is 0.507 e. The monoisotopic (exact) mass is 478 g/mol. The van der Waals surface area contributed by atoms with Crippen LogP contribution in [0.4, 0.5) is 5.82 Å². The third-order valence-electron chi connectivity index (χ3n) is 6.47. The van der Waals surface area contributed by atoms with Crippen LogP contribution < -0.4 is 15.2 Å². The van der Waals surface area contributed by atoms with Gasteiger partial charge in [0.25, 0.3) is 5.56 Å². The fraction of sp³-hybridized carbons (Fsp3) is 0.407. The Balaban J connectivity index is 1.71. The Kier molecular flexibility index (Phi) is 8.05. The molecule has 1 atom stereocenters. The van der Waals surface area contributed by atoms with Crippen LogP contribution in [0.1, 0.15) is 29.8 Å². The maximum absolute atomic E-state index is 13.7. The van der Waals surface area contributed by atoms with Gasteiger partial charge in [0, 0.05) is 51.7 Å². The number of pyridine rings is 2. The summed E-state index contributed by atoms with van der Waals surface area (Å²) in [4.78, 5) is 22.7. The lowest BCUT2D eigenvalue weighted by Crippen LogP contribution is -2.49. The molecule has 1 N–H and O–H groups in total. The van der Waals surface area contributed by atoms with Gasteiger partial charge in [0.2, 0.25) is 0 Å². The zero-order chi connectivity index (χ0) is 24.8. The molecule has 186 valence electrons. The average molecular weight is 479 g/mol. The summed E-state index contributed by atoms with van der Waals surface area (Å²) in [7, 11) is 1.62. The molecular formula is C27H34N4O4. The van der Waals surface area contributed by atoms with Crippen LogP contribution in [0.5, 0.6) is 11.5 Å². The molecule has 3 heterocycles. The second-order valence-electron chi connectivity index (χ2n) is 8.65. The summed E-state index contributed by atoms with van der Waals surface area (Å²) >= 11 is 0. The van der Waals surface area contributed by atoms with Gasteiger partial charge in [-0.3, -0.25) is 9.69 Å². The molecule has 8 nitrogen and oxygen atoms in total. The first-order valence-electron chi connectivity index (χ1n) is 12.1. The van der Waals surface area contributed by atoms with Gasteiger partial charge in [-0.25, -0.2) is 4.98 Å². The first kappa shape index (κ1) is 24.8. The van der Waals surface area contributed by atoms with Crippen molar-refractivity contribution in [1.82, 2.24) is 14.5 Å². The number of rotatable bonds is 9. The lowest BCUT2D eigenvalue weighted by Gasteiger charge is -2.40. The molecule has 0 spiro atoms. The van der Waals surface area contributed by atoms with Gasteiger partial charge in [-0.1, -0.05) is 18.2 Å². The molecule has 3 aromatic rings. The van der Waals surface area contributed by atoms with E-state index in [-0.39, 0.29) is 11.3 Å². The van der Waals surface area contributed by atoms with E-state index < -0.39 is 6.04 Å². The summed E-state index contributed by atoms with van der Waals surface area (Å²) in [6.45, 7) is 8.20. The Bertz CT molecular complexity index is 1160. The minimum Gasteiger partial charge on any atom is -0.507 e. The number of ether oxygens (including phenoxy) is 2. The highest BCUT2D eigenvalue weighted by Gasteiger charge is 2.31. The fourth-order valence-corrected chi connectivity index (χ4v) is 4.71. The Morgan fingerprint density at radius 1 is 1.09 bits per heavy atom. The van der Waals surface area contributed by atoms with E-state index in [2.05, 4.69) is 14.8 Å². The molecule has 0 amide bonds. The van der Waals surface area contributed by atoms with E-state index in [1.54, 1.807) is 23.9 Å². The molecule has 0 aliphatic carbocycles. The molecule has 1 fully saturated rings. The molecule has 8 heteroatoms. The van der Waals surface area contributed by atoms with E-state index in [0.29, 0.717) is 31.0 Å². The van der Waals surface area contributed by atoms with Crippen LogP contribution >= 0.6 is 0 Å². The number of aryl methyl sites for hydroxylation is 1. The van der Waals surface area contributed by atoms with Crippen LogP contribution in [0.2, 0.25) is 0 Å². The molecule has 1 saturated heterocycles. The van der Waals surface area contributed by atoms with Crippen molar-refractivity contribution in [3.8, 4) is 11.5 Å². The van der Waals surface area contributed by atoms with Crippen LogP contribution in [0, 0.1) is 6.92 Å². The lowest BCUT2D eigenvalue weighted by atomic mass is 9.95.